The molecule has 2 aromatic carbocycles. The van der Waals surface area contributed by atoms with Crippen molar-refractivity contribution >= 4 is 17.6 Å². The molecule has 0 heterocycles. The van der Waals surface area contributed by atoms with Crippen LogP contribution in [0, 0.1) is 27.7 Å². The third-order valence-corrected chi connectivity index (χ3v) is 26.5. The largest absolute Gasteiger partial charge is 1.00 e. The molecular weight excluding hydrogens is 503 g/mol. The van der Waals surface area contributed by atoms with Crippen molar-refractivity contribution in [3.8, 4) is 0 Å². The number of aryl methyl sites for hydroxylation is 4. The molecule has 2 aromatic rings. The number of allylic oxidation sites excluding steroid dienone is 2. The minimum Gasteiger partial charge on any atom is -1.00 e. The first-order valence-corrected chi connectivity index (χ1v) is 19.5. The van der Waals surface area contributed by atoms with E-state index >= 15 is 0 Å². The molecule has 2 aliphatic carbocycles. The number of hydrogen-bond acceptors (Lipinski definition) is 0. The Morgan fingerprint density at radius 2 is 1.00 bits per heavy atom. The Hall–Kier alpha value is -0.400. The third-order valence-electron chi connectivity index (χ3n) is 6.60. The summed E-state index contributed by atoms with van der Waals surface area (Å²) in [5, 5.41) is 0. The summed E-state index contributed by atoms with van der Waals surface area (Å²) >= 11 is -1.87. The summed E-state index contributed by atoms with van der Waals surface area (Å²) < 4.78 is 1.50. The molecule has 2 aliphatic rings. The second-order valence-electron chi connectivity index (χ2n) is 9.27. The average molecular weight is 535 g/mol. The summed E-state index contributed by atoms with van der Waals surface area (Å²) in [6, 6.07) is 9.75. The van der Waals surface area contributed by atoms with E-state index in [1.165, 1.54) is 33.4 Å². The van der Waals surface area contributed by atoms with Gasteiger partial charge in [0.15, 0.2) is 0 Å². The first kappa shape index (κ1) is 25.9. The molecule has 4 rings (SSSR count). The first-order chi connectivity index (χ1) is 13.2. The molecule has 158 valence electrons. The fourth-order valence-electron chi connectivity index (χ4n) is 5.58. The molecule has 0 radical (unpaired) electrons. The maximum absolute atomic E-state index is 2.61. The average Bonchev–Trinajstić information content (AvgIpc) is 3.07. The Bertz CT molecular complexity index is 1020. The summed E-state index contributed by atoms with van der Waals surface area (Å²) in [5.74, 6) is 0. The van der Waals surface area contributed by atoms with Crippen molar-refractivity contribution < 1.29 is 45.2 Å². The Kier molecular flexibility index (Phi) is 8.29. The van der Waals surface area contributed by atoms with Crippen molar-refractivity contribution in [1.29, 1.82) is 0 Å². The molecule has 2 unspecified atom stereocenters. The summed E-state index contributed by atoms with van der Waals surface area (Å²) in [7, 11) is 0. The second-order valence-corrected chi connectivity index (χ2v) is 27.1. The SMILES string of the molecule is CC1=Cc2c(C)cc(C)cc2[CH]1[Zr+2]([CH]1C(C)=Cc2c(C)cc(C)cc21)=[Si](C)C.[Cl-].[Cl-]. The molecule has 0 aliphatic heterocycles. The molecule has 0 amide bonds. The van der Waals surface area contributed by atoms with Gasteiger partial charge in [0, 0.05) is 0 Å². The topological polar surface area (TPSA) is 0 Å². The van der Waals surface area contributed by atoms with E-state index in [2.05, 4.69) is 91.1 Å². The van der Waals surface area contributed by atoms with Crippen LogP contribution in [0.1, 0.15) is 65.6 Å². The number of benzene rings is 2. The Balaban J connectivity index is 0.00000160. The number of rotatable bonds is 2. The van der Waals surface area contributed by atoms with Crippen molar-refractivity contribution in [2.75, 3.05) is 0 Å². The van der Waals surface area contributed by atoms with Gasteiger partial charge in [0.25, 0.3) is 0 Å². The van der Waals surface area contributed by atoms with Crippen LogP contribution in [0.4, 0.5) is 0 Å². The van der Waals surface area contributed by atoms with E-state index < -0.39 is 20.4 Å². The molecule has 30 heavy (non-hydrogen) atoms. The Morgan fingerprint density at radius 3 is 1.33 bits per heavy atom. The third kappa shape index (κ3) is 4.27. The van der Waals surface area contributed by atoms with E-state index in [4.69, 9.17) is 0 Å². The Labute approximate surface area is 203 Å². The smallest absolute Gasteiger partial charge is 1.00 e. The maximum atomic E-state index is 2.61. The second kappa shape index (κ2) is 9.62. The summed E-state index contributed by atoms with van der Waals surface area (Å²) in [4.78, 5) is 0. The predicted molar refractivity (Wildman–Crippen MR) is 122 cm³/mol. The molecule has 0 fully saturated rings. The predicted octanol–water partition coefficient (Wildman–Crippen LogP) is 1.41. The summed E-state index contributed by atoms with van der Waals surface area (Å²) in [6.45, 7) is 19.2. The van der Waals surface area contributed by atoms with E-state index in [0.717, 1.165) is 7.25 Å². The van der Waals surface area contributed by atoms with Gasteiger partial charge in [0.2, 0.25) is 0 Å². The van der Waals surface area contributed by atoms with E-state index in [1.54, 1.807) is 22.3 Å². The number of hydrogen-bond donors (Lipinski definition) is 0. The van der Waals surface area contributed by atoms with Crippen LogP contribution in [-0.4, -0.2) is 5.43 Å². The van der Waals surface area contributed by atoms with E-state index in [1.807, 2.05) is 0 Å². The molecule has 0 bridgehead atoms. The fourth-order valence-corrected chi connectivity index (χ4v) is 26.2. The van der Waals surface area contributed by atoms with Gasteiger partial charge in [0.1, 0.15) is 0 Å². The van der Waals surface area contributed by atoms with Gasteiger partial charge in [-0.25, -0.2) is 0 Å². The molecule has 0 spiro atoms. The van der Waals surface area contributed by atoms with Crippen LogP contribution >= 0.6 is 0 Å². The van der Waals surface area contributed by atoms with Crippen LogP contribution in [0.25, 0.3) is 12.2 Å². The van der Waals surface area contributed by atoms with Crippen LogP contribution in [0.3, 0.4) is 0 Å². The van der Waals surface area contributed by atoms with Crippen molar-refractivity contribution in [1.82, 2.24) is 0 Å². The van der Waals surface area contributed by atoms with Crippen molar-refractivity contribution in [2.45, 2.75) is 61.9 Å². The summed E-state index contributed by atoms with van der Waals surface area (Å²) in [6.07, 6.45) is 5.05. The monoisotopic (exact) mass is 532 g/mol. The van der Waals surface area contributed by atoms with Gasteiger partial charge >= 0.3 is 180 Å². The number of fused-ring (bicyclic) bond motifs is 2. The van der Waals surface area contributed by atoms with E-state index in [0.29, 0.717) is 0 Å². The van der Waals surface area contributed by atoms with Gasteiger partial charge < -0.3 is 24.8 Å². The molecule has 0 N–H and O–H groups in total. The Morgan fingerprint density at radius 1 is 0.633 bits per heavy atom. The van der Waals surface area contributed by atoms with Gasteiger partial charge in [-0.05, 0) is 0 Å². The normalized spacial score (nSPS) is 18.2. The minimum absolute atomic E-state index is 0. The fraction of sp³-hybridized carbons (Fsp3) is 0.385. The number of halogens is 2. The molecular formula is C26H32Cl2SiZr. The zero-order valence-corrected chi connectivity index (χ0v) is 24.3. The maximum Gasteiger partial charge on any atom is -1.00 e. The van der Waals surface area contributed by atoms with Crippen LogP contribution in [0.5, 0.6) is 0 Å². The molecule has 0 aromatic heterocycles. The molecule has 2 atom stereocenters. The molecule has 0 saturated carbocycles. The van der Waals surface area contributed by atoms with Crippen LogP contribution in [-0.2, 0) is 20.4 Å². The minimum atomic E-state index is -1.87. The van der Waals surface area contributed by atoms with Gasteiger partial charge in [0.05, 0.1) is 0 Å². The standard InChI is InChI=1S/2C12H13.C2H6Si.2ClH.Zr/c2*1-8-4-10(3)12-7-9(2)6-11(12)5-8;1-3-2;;;/h2*4-7H,1-3H3;1-2H3;2*1H;/q;;;;;+2/p-2. The first-order valence-electron chi connectivity index (χ1n) is 10.4. The molecule has 4 heteroatoms. The van der Waals surface area contributed by atoms with Crippen LogP contribution in [0.2, 0.25) is 13.1 Å². The molecule has 0 saturated heterocycles. The van der Waals surface area contributed by atoms with Crippen LogP contribution < -0.4 is 24.8 Å². The quantitative estimate of drug-likeness (QED) is 0.512. The van der Waals surface area contributed by atoms with E-state index in [9.17, 15) is 0 Å². The molecule has 0 nitrogen and oxygen atoms in total. The summed E-state index contributed by atoms with van der Waals surface area (Å²) in [5.41, 5.74) is 15.2. The van der Waals surface area contributed by atoms with Gasteiger partial charge in [-0.15, -0.1) is 0 Å². The van der Waals surface area contributed by atoms with Crippen molar-refractivity contribution in [3.05, 3.63) is 79.9 Å². The van der Waals surface area contributed by atoms with Gasteiger partial charge in [-0.1, -0.05) is 0 Å². The zero-order chi connectivity index (χ0) is 20.3. The zero-order valence-electron chi connectivity index (χ0n) is 19.4. The van der Waals surface area contributed by atoms with Crippen molar-refractivity contribution in [3.63, 3.8) is 0 Å². The van der Waals surface area contributed by atoms with Gasteiger partial charge in [-0.2, -0.15) is 0 Å². The van der Waals surface area contributed by atoms with E-state index in [-0.39, 0.29) is 30.2 Å². The van der Waals surface area contributed by atoms with Crippen molar-refractivity contribution in [2.24, 2.45) is 0 Å². The van der Waals surface area contributed by atoms with Crippen LogP contribution in [0.15, 0.2) is 35.4 Å². The van der Waals surface area contributed by atoms with Gasteiger partial charge in [-0.3, -0.25) is 0 Å².